The molecule has 0 fully saturated rings. The second kappa shape index (κ2) is 6.57. The minimum Gasteiger partial charge on any atom is -0.251 e. The highest BCUT2D eigenvalue weighted by Crippen LogP contribution is 2.27. The lowest BCUT2D eigenvalue weighted by molar-refractivity contribution is 0.421. The molecule has 96 valence electrons. The van der Waals surface area contributed by atoms with Gasteiger partial charge in [-0.25, -0.2) is 17.6 Å². The Morgan fingerprint density at radius 2 is 1.18 bits per heavy atom. The summed E-state index contributed by atoms with van der Waals surface area (Å²) in [6, 6.07) is 1.22. The van der Waals surface area contributed by atoms with Gasteiger partial charge in [0, 0.05) is 6.42 Å². The van der Waals surface area contributed by atoms with E-state index in [1.165, 1.54) is 6.07 Å². The quantitative estimate of drug-likeness (QED) is 0.669. The third-order valence-corrected chi connectivity index (χ3v) is 2.76. The molecule has 0 saturated heterocycles. The smallest absolute Gasteiger partial charge is 0.115 e. The Morgan fingerprint density at radius 1 is 0.647 bits per heavy atom. The van der Waals surface area contributed by atoms with E-state index in [2.05, 4.69) is 0 Å². The van der Waals surface area contributed by atoms with Crippen LogP contribution in [0.25, 0.3) is 0 Å². The van der Waals surface area contributed by atoms with Gasteiger partial charge in [0.25, 0.3) is 0 Å². The van der Waals surface area contributed by atoms with Crippen LogP contribution in [0.4, 0.5) is 22.0 Å². The van der Waals surface area contributed by atoms with E-state index < -0.39 is 33.4 Å². The number of benzene rings is 1. The van der Waals surface area contributed by atoms with E-state index in [1.54, 1.807) is 0 Å². The summed E-state index contributed by atoms with van der Waals surface area (Å²) in [6.45, 7) is -4.86. The average Bonchev–Trinajstić information content (AvgIpc) is 2.37. The molecule has 1 aromatic carbocycles. The first kappa shape index (κ1) is 13.9. The number of rotatable bonds is 6. The van der Waals surface area contributed by atoms with E-state index in [0.717, 1.165) is 0 Å². The normalized spacial score (nSPS) is 10.9. The zero-order valence-corrected chi connectivity index (χ0v) is 9.21. The number of alkyl halides is 5. The van der Waals surface area contributed by atoms with Crippen LogP contribution in [0.3, 0.4) is 0 Å². The third-order valence-electron chi connectivity index (χ3n) is 2.76. The van der Waals surface area contributed by atoms with Crippen LogP contribution in [0.5, 0.6) is 0 Å². The summed E-state index contributed by atoms with van der Waals surface area (Å²) < 4.78 is 63.3. The predicted octanol–water partition coefficient (Wildman–Crippen LogP) is 4.08. The van der Waals surface area contributed by atoms with Gasteiger partial charge in [0.05, 0.1) is 6.67 Å². The van der Waals surface area contributed by atoms with Crippen LogP contribution in [0.15, 0.2) is 6.07 Å². The second-order valence-electron chi connectivity index (χ2n) is 3.60. The Kier molecular flexibility index (Phi) is 5.38. The van der Waals surface area contributed by atoms with Gasteiger partial charge in [0.15, 0.2) is 0 Å². The molecule has 0 aliphatic carbocycles. The first-order chi connectivity index (χ1) is 8.23. The van der Waals surface area contributed by atoms with Crippen molar-refractivity contribution >= 4 is 0 Å². The number of hydrogen-bond donors (Lipinski definition) is 0. The SMILES string of the molecule is FCCc1cc(CF)c(CF)c(CF)c1CF. The largest absolute Gasteiger partial charge is 0.251 e. The minimum absolute atomic E-state index is 0.0270. The molecule has 0 aliphatic rings. The molecule has 0 atom stereocenters. The molecule has 1 rings (SSSR count). The number of halogens is 5. The van der Waals surface area contributed by atoms with Crippen molar-refractivity contribution in [3.8, 4) is 0 Å². The van der Waals surface area contributed by atoms with Crippen molar-refractivity contribution in [3.05, 3.63) is 33.9 Å². The zero-order valence-electron chi connectivity index (χ0n) is 9.21. The fraction of sp³-hybridized carbons (Fsp3) is 0.500. The van der Waals surface area contributed by atoms with Crippen molar-refractivity contribution < 1.29 is 22.0 Å². The van der Waals surface area contributed by atoms with E-state index in [1.807, 2.05) is 0 Å². The average molecular weight is 252 g/mol. The first-order valence-corrected chi connectivity index (χ1v) is 5.18. The van der Waals surface area contributed by atoms with Crippen molar-refractivity contribution in [2.75, 3.05) is 6.67 Å². The number of aryl methyl sites for hydroxylation is 1. The molecule has 0 heterocycles. The molecule has 0 aromatic heterocycles. The fourth-order valence-electron chi connectivity index (χ4n) is 1.89. The maximum Gasteiger partial charge on any atom is 0.115 e. The van der Waals surface area contributed by atoms with E-state index in [0.29, 0.717) is 0 Å². The monoisotopic (exact) mass is 252 g/mol. The van der Waals surface area contributed by atoms with Gasteiger partial charge in [-0.15, -0.1) is 0 Å². The van der Waals surface area contributed by atoms with Crippen molar-refractivity contribution in [1.82, 2.24) is 0 Å². The lowest BCUT2D eigenvalue weighted by atomic mass is 9.92. The van der Waals surface area contributed by atoms with Gasteiger partial charge in [-0.3, -0.25) is 4.39 Å². The highest BCUT2D eigenvalue weighted by atomic mass is 19.1. The molecule has 5 heteroatoms. The molecule has 0 saturated carbocycles. The molecule has 1 aromatic rings. The van der Waals surface area contributed by atoms with Gasteiger partial charge in [0.1, 0.15) is 26.7 Å². The van der Waals surface area contributed by atoms with Crippen molar-refractivity contribution in [2.45, 2.75) is 33.1 Å². The van der Waals surface area contributed by atoms with Crippen LogP contribution in [0.2, 0.25) is 0 Å². The molecule has 0 amide bonds. The molecule has 0 N–H and O–H groups in total. The van der Waals surface area contributed by atoms with Gasteiger partial charge < -0.3 is 0 Å². The second-order valence-corrected chi connectivity index (χ2v) is 3.60. The van der Waals surface area contributed by atoms with E-state index >= 15 is 0 Å². The summed E-state index contributed by atoms with van der Waals surface area (Å²) in [5, 5.41) is 0. The van der Waals surface area contributed by atoms with Crippen LogP contribution in [-0.2, 0) is 33.1 Å². The van der Waals surface area contributed by atoms with Crippen molar-refractivity contribution in [1.29, 1.82) is 0 Å². The lowest BCUT2D eigenvalue weighted by Crippen LogP contribution is -2.06. The van der Waals surface area contributed by atoms with E-state index in [4.69, 9.17) is 0 Å². The maximum atomic E-state index is 12.8. The summed E-state index contributed by atoms with van der Waals surface area (Å²) in [4.78, 5) is 0. The lowest BCUT2D eigenvalue weighted by Gasteiger charge is -2.16. The molecule has 0 aliphatic heterocycles. The summed E-state index contributed by atoms with van der Waals surface area (Å²) in [7, 11) is 0. The molecule has 0 spiro atoms. The minimum atomic E-state index is -1.08. The van der Waals surface area contributed by atoms with Crippen molar-refractivity contribution in [3.63, 3.8) is 0 Å². The fourth-order valence-corrected chi connectivity index (χ4v) is 1.89. The van der Waals surface area contributed by atoms with Crippen LogP contribution in [0.1, 0.15) is 27.8 Å². The van der Waals surface area contributed by atoms with E-state index in [9.17, 15) is 22.0 Å². The van der Waals surface area contributed by atoms with Crippen LogP contribution in [-0.4, -0.2) is 6.67 Å². The third kappa shape index (κ3) is 2.76. The molecule has 0 nitrogen and oxygen atoms in total. The van der Waals surface area contributed by atoms with Gasteiger partial charge in [0.2, 0.25) is 0 Å². The summed E-state index contributed by atoms with van der Waals surface area (Å²) in [5.74, 6) is 0. The standard InChI is InChI=1S/C12H13F5/c13-2-1-8-3-9(4-14)11(6-16)12(7-17)10(8)5-15/h3H,1-2,4-7H2. The molecular formula is C12H13F5. The molecule has 0 unspecified atom stereocenters. The van der Waals surface area contributed by atoms with Crippen molar-refractivity contribution in [2.24, 2.45) is 0 Å². The van der Waals surface area contributed by atoms with Gasteiger partial charge in [-0.2, -0.15) is 0 Å². The summed E-state index contributed by atoms with van der Waals surface area (Å²) in [6.07, 6.45) is -0.119. The zero-order chi connectivity index (χ0) is 12.8. The molecule has 0 radical (unpaired) electrons. The molecule has 17 heavy (non-hydrogen) atoms. The van der Waals surface area contributed by atoms with E-state index in [-0.39, 0.29) is 34.2 Å². The van der Waals surface area contributed by atoms with Gasteiger partial charge in [-0.05, 0) is 27.8 Å². The highest BCUT2D eigenvalue weighted by molar-refractivity contribution is 5.45. The Labute approximate surface area is 96.4 Å². The van der Waals surface area contributed by atoms with Gasteiger partial charge in [-0.1, -0.05) is 6.07 Å². The van der Waals surface area contributed by atoms with Gasteiger partial charge >= 0.3 is 0 Å². The Balaban J connectivity index is 3.42. The highest BCUT2D eigenvalue weighted by Gasteiger charge is 2.17. The Bertz CT molecular complexity index is 376. The summed E-state index contributed by atoms with van der Waals surface area (Å²) >= 11 is 0. The van der Waals surface area contributed by atoms with Crippen LogP contribution < -0.4 is 0 Å². The molecule has 0 bridgehead atoms. The Hall–Kier alpha value is -1.13. The summed E-state index contributed by atoms with van der Waals surface area (Å²) in [5.41, 5.74) is -0.179. The van der Waals surface area contributed by atoms with Crippen LogP contribution >= 0.6 is 0 Å². The maximum absolute atomic E-state index is 12.8. The number of hydrogen-bond acceptors (Lipinski definition) is 0. The van der Waals surface area contributed by atoms with Crippen LogP contribution in [0, 0.1) is 0 Å². The molecular weight excluding hydrogens is 239 g/mol. The Morgan fingerprint density at radius 3 is 1.59 bits per heavy atom. The first-order valence-electron chi connectivity index (χ1n) is 5.18. The predicted molar refractivity (Wildman–Crippen MR) is 55.4 cm³/mol. The topological polar surface area (TPSA) is 0 Å².